The highest BCUT2D eigenvalue weighted by molar-refractivity contribution is 5.62. The molecule has 86 valence electrons. The van der Waals surface area contributed by atoms with Crippen LogP contribution < -0.4 is 5.32 Å². The molecule has 0 aliphatic heterocycles. The van der Waals surface area contributed by atoms with Gasteiger partial charge in [-0.15, -0.1) is 0 Å². The Morgan fingerprint density at radius 3 is 3.00 bits per heavy atom. The first-order valence-electron chi connectivity index (χ1n) is 5.54. The predicted molar refractivity (Wildman–Crippen MR) is 65.7 cm³/mol. The highest BCUT2D eigenvalue weighted by Crippen LogP contribution is 2.22. The second-order valence-electron chi connectivity index (χ2n) is 3.85. The fraction of sp³-hybridized carbons (Fsp3) is 0.154. The molecular formula is C13H13N3O. The van der Waals surface area contributed by atoms with E-state index in [0.717, 1.165) is 29.3 Å². The van der Waals surface area contributed by atoms with Gasteiger partial charge in [-0.1, -0.05) is 6.07 Å². The van der Waals surface area contributed by atoms with Gasteiger partial charge in [0.2, 0.25) is 0 Å². The molecule has 17 heavy (non-hydrogen) atoms. The van der Waals surface area contributed by atoms with E-state index in [1.165, 1.54) is 0 Å². The summed E-state index contributed by atoms with van der Waals surface area (Å²) in [5, 5.41) is 3.13. The molecule has 0 unspecified atom stereocenters. The third-order valence-corrected chi connectivity index (χ3v) is 2.71. The maximum absolute atomic E-state index is 5.42. The molecule has 0 aliphatic carbocycles. The molecular weight excluding hydrogens is 214 g/mol. The lowest BCUT2D eigenvalue weighted by Gasteiger charge is -1.97. The molecule has 0 saturated carbocycles. The number of aromatic nitrogens is 2. The lowest BCUT2D eigenvalue weighted by atomic mass is 10.3. The topological polar surface area (TPSA) is 42.5 Å². The molecule has 0 amide bonds. The number of fused-ring (bicyclic) bond motifs is 1. The third-order valence-electron chi connectivity index (χ3n) is 2.71. The van der Waals surface area contributed by atoms with Crippen molar-refractivity contribution in [2.75, 3.05) is 7.05 Å². The molecule has 0 aliphatic rings. The van der Waals surface area contributed by atoms with Gasteiger partial charge in [-0.25, -0.2) is 4.98 Å². The molecule has 0 bridgehead atoms. The maximum atomic E-state index is 5.42. The van der Waals surface area contributed by atoms with Gasteiger partial charge < -0.3 is 9.73 Å². The highest BCUT2D eigenvalue weighted by atomic mass is 16.3. The Balaban J connectivity index is 2.25. The van der Waals surface area contributed by atoms with E-state index in [0.29, 0.717) is 0 Å². The van der Waals surface area contributed by atoms with E-state index in [9.17, 15) is 0 Å². The lowest BCUT2D eigenvalue weighted by Crippen LogP contribution is -2.05. The second kappa shape index (κ2) is 4.07. The Kier molecular flexibility index (Phi) is 2.42. The van der Waals surface area contributed by atoms with Crippen LogP contribution >= 0.6 is 0 Å². The number of nitrogens with zero attached hydrogens (tertiary/aromatic N) is 2. The minimum atomic E-state index is 0.744. The van der Waals surface area contributed by atoms with E-state index in [1.54, 1.807) is 6.26 Å². The molecule has 4 nitrogen and oxygen atoms in total. The Bertz CT molecular complexity index is 625. The third kappa shape index (κ3) is 1.62. The smallest absolute Gasteiger partial charge is 0.181 e. The van der Waals surface area contributed by atoms with E-state index < -0.39 is 0 Å². The summed E-state index contributed by atoms with van der Waals surface area (Å²) >= 11 is 0. The molecule has 3 aromatic rings. The Morgan fingerprint density at radius 2 is 2.24 bits per heavy atom. The van der Waals surface area contributed by atoms with Crippen LogP contribution in [0.4, 0.5) is 0 Å². The van der Waals surface area contributed by atoms with Crippen LogP contribution in [0, 0.1) is 0 Å². The van der Waals surface area contributed by atoms with Gasteiger partial charge in [-0.05, 0) is 31.3 Å². The standard InChI is InChI=1S/C13H13N3O/c1-14-9-10-11-5-2-3-7-16(11)13(15-10)12-6-4-8-17-12/h2-8,14H,9H2,1H3. The minimum absolute atomic E-state index is 0.744. The first kappa shape index (κ1) is 10.1. The van der Waals surface area contributed by atoms with Crippen molar-refractivity contribution in [3.8, 4) is 11.6 Å². The van der Waals surface area contributed by atoms with Crippen LogP contribution in [0.2, 0.25) is 0 Å². The van der Waals surface area contributed by atoms with E-state index >= 15 is 0 Å². The summed E-state index contributed by atoms with van der Waals surface area (Å²) in [5.74, 6) is 1.63. The van der Waals surface area contributed by atoms with Crippen LogP contribution in [-0.2, 0) is 6.54 Å². The normalized spacial score (nSPS) is 11.1. The zero-order chi connectivity index (χ0) is 11.7. The van der Waals surface area contributed by atoms with Crippen LogP contribution in [0.25, 0.3) is 17.1 Å². The van der Waals surface area contributed by atoms with Crippen molar-refractivity contribution < 1.29 is 4.42 Å². The number of pyridine rings is 1. The highest BCUT2D eigenvalue weighted by Gasteiger charge is 2.13. The molecule has 0 fully saturated rings. The van der Waals surface area contributed by atoms with Crippen molar-refractivity contribution in [2.45, 2.75) is 6.54 Å². The number of imidazole rings is 1. The number of rotatable bonds is 3. The van der Waals surface area contributed by atoms with Crippen molar-refractivity contribution in [2.24, 2.45) is 0 Å². The summed E-state index contributed by atoms with van der Waals surface area (Å²) in [5.41, 5.74) is 2.13. The summed E-state index contributed by atoms with van der Waals surface area (Å²) in [4.78, 5) is 4.63. The summed E-state index contributed by atoms with van der Waals surface area (Å²) in [6.45, 7) is 0.744. The Hall–Kier alpha value is -2.07. The quantitative estimate of drug-likeness (QED) is 0.746. The average Bonchev–Trinajstić information content (AvgIpc) is 2.97. The molecule has 3 heterocycles. The van der Waals surface area contributed by atoms with E-state index in [4.69, 9.17) is 4.42 Å². The van der Waals surface area contributed by atoms with E-state index in [2.05, 4.69) is 16.4 Å². The number of furan rings is 1. The molecule has 0 spiro atoms. The molecule has 1 N–H and O–H groups in total. The van der Waals surface area contributed by atoms with Gasteiger partial charge in [0.1, 0.15) is 0 Å². The van der Waals surface area contributed by atoms with Crippen molar-refractivity contribution in [3.63, 3.8) is 0 Å². The summed E-state index contributed by atoms with van der Waals surface area (Å²) < 4.78 is 7.46. The van der Waals surface area contributed by atoms with Gasteiger partial charge in [-0.2, -0.15) is 0 Å². The fourth-order valence-electron chi connectivity index (χ4n) is 1.98. The van der Waals surface area contributed by atoms with Crippen molar-refractivity contribution in [1.82, 2.24) is 14.7 Å². The molecule has 3 rings (SSSR count). The largest absolute Gasteiger partial charge is 0.461 e. The second-order valence-corrected chi connectivity index (χ2v) is 3.85. The summed E-state index contributed by atoms with van der Waals surface area (Å²) in [6.07, 6.45) is 3.66. The molecule has 0 radical (unpaired) electrons. The predicted octanol–water partition coefficient (Wildman–Crippen LogP) is 2.31. The Morgan fingerprint density at radius 1 is 1.29 bits per heavy atom. The minimum Gasteiger partial charge on any atom is -0.461 e. The zero-order valence-electron chi connectivity index (χ0n) is 9.55. The number of hydrogen-bond acceptors (Lipinski definition) is 3. The Labute approximate surface area is 98.9 Å². The van der Waals surface area contributed by atoms with Crippen molar-refractivity contribution in [1.29, 1.82) is 0 Å². The van der Waals surface area contributed by atoms with Crippen LogP contribution in [0.5, 0.6) is 0 Å². The average molecular weight is 227 g/mol. The van der Waals surface area contributed by atoms with Gasteiger partial charge in [0.15, 0.2) is 11.6 Å². The SMILES string of the molecule is CNCc1nc(-c2ccco2)n2ccccc12. The number of hydrogen-bond donors (Lipinski definition) is 1. The fourth-order valence-corrected chi connectivity index (χ4v) is 1.98. The molecule has 0 saturated heterocycles. The lowest BCUT2D eigenvalue weighted by molar-refractivity contribution is 0.576. The monoisotopic (exact) mass is 227 g/mol. The van der Waals surface area contributed by atoms with Gasteiger partial charge in [-0.3, -0.25) is 4.40 Å². The maximum Gasteiger partial charge on any atom is 0.181 e. The van der Waals surface area contributed by atoms with Crippen LogP contribution in [0.15, 0.2) is 47.2 Å². The summed E-state index contributed by atoms with van der Waals surface area (Å²) in [7, 11) is 1.92. The first-order valence-corrected chi connectivity index (χ1v) is 5.54. The first-order chi connectivity index (χ1) is 8.40. The number of nitrogens with one attached hydrogen (secondary N) is 1. The zero-order valence-corrected chi connectivity index (χ0v) is 9.55. The van der Waals surface area contributed by atoms with Crippen molar-refractivity contribution >= 4 is 5.52 Å². The van der Waals surface area contributed by atoms with Crippen LogP contribution in [0.1, 0.15) is 5.69 Å². The van der Waals surface area contributed by atoms with Gasteiger partial charge >= 0.3 is 0 Å². The van der Waals surface area contributed by atoms with Gasteiger partial charge in [0, 0.05) is 12.7 Å². The molecule has 0 aromatic carbocycles. The van der Waals surface area contributed by atoms with Gasteiger partial charge in [0.05, 0.1) is 17.5 Å². The van der Waals surface area contributed by atoms with Crippen molar-refractivity contribution in [3.05, 3.63) is 48.5 Å². The van der Waals surface area contributed by atoms with Crippen LogP contribution in [-0.4, -0.2) is 16.4 Å². The van der Waals surface area contributed by atoms with Gasteiger partial charge in [0.25, 0.3) is 0 Å². The molecule has 4 heteroatoms. The molecule has 0 atom stereocenters. The van der Waals surface area contributed by atoms with Crippen LogP contribution in [0.3, 0.4) is 0 Å². The van der Waals surface area contributed by atoms with E-state index in [-0.39, 0.29) is 0 Å². The van der Waals surface area contributed by atoms with E-state index in [1.807, 2.05) is 41.9 Å². The summed E-state index contributed by atoms with van der Waals surface area (Å²) in [6, 6.07) is 9.86. The molecule has 3 aromatic heterocycles.